The van der Waals surface area contributed by atoms with Crippen LogP contribution in [0.3, 0.4) is 0 Å². The normalized spacial score (nSPS) is 23.7. The van der Waals surface area contributed by atoms with Gasteiger partial charge < -0.3 is 20.9 Å². The minimum atomic E-state index is -2.69. The molecule has 37 heavy (non-hydrogen) atoms. The molecule has 8 nitrogen and oxygen atoms in total. The zero-order chi connectivity index (χ0) is 27.0. The van der Waals surface area contributed by atoms with Gasteiger partial charge in [-0.25, -0.2) is 18.0 Å². The van der Waals surface area contributed by atoms with E-state index >= 15 is 4.39 Å². The Kier molecular flexibility index (Phi) is 7.16. The van der Waals surface area contributed by atoms with Crippen LogP contribution in [0.1, 0.15) is 47.9 Å². The van der Waals surface area contributed by atoms with Crippen molar-refractivity contribution in [1.82, 2.24) is 20.1 Å². The molecule has 11 heteroatoms. The second kappa shape index (κ2) is 10.0. The van der Waals surface area contributed by atoms with Gasteiger partial charge in [-0.2, -0.15) is 0 Å². The Morgan fingerprint density at radius 2 is 1.81 bits per heavy atom. The molecule has 3 N–H and O–H groups in total. The molecule has 0 radical (unpaired) electrons. The SMILES string of the molecule is CN(C)C(=O)NCC(=O)N1CC(F)CC1(C(N)=O)[C@H](c1ccccc1)c1ccc(C2CC(F)(F)C2)cn1. The average molecular weight is 518 g/mol. The van der Waals surface area contributed by atoms with Crippen molar-refractivity contribution in [2.45, 2.75) is 48.7 Å². The van der Waals surface area contributed by atoms with Crippen molar-refractivity contribution < 1.29 is 27.6 Å². The van der Waals surface area contributed by atoms with Gasteiger partial charge in [0.1, 0.15) is 11.7 Å². The Labute approximate surface area is 213 Å². The highest BCUT2D eigenvalue weighted by molar-refractivity contribution is 5.94. The van der Waals surface area contributed by atoms with E-state index in [0.29, 0.717) is 16.8 Å². The number of halogens is 3. The number of nitrogens with zero attached hydrogens (tertiary/aromatic N) is 3. The molecule has 4 rings (SSSR count). The number of hydrogen-bond acceptors (Lipinski definition) is 4. The lowest BCUT2D eigenvalue weighted by molar-refractivity contribution is -0.143. The van der Waals surface area contributed by atoms with Crippen LogP contribution in [0.4, 0.5) is 18.0 Å². The van der Waals surface area contributed by atoms with Crippen LogP contribution in [-0.2, 0) is 9.59 Å². The van der Waals surface area contributed by atoms with E-state index in [9.17, 15) is 23.2 Å². The van der Waals surface area contributed by atoms with Crippen LogP contribution in [-0.4, -0.2) is 77.4 Å². The smallest absolute Gasteiger partial charge is 0.317 e. The van der Waals surface area contributed by atoms with Crippen LogP contribution < -0.4 is 11.1 Å². The summed E-state index contributed by atoms with van der Waals surface area (Å²) in [5, 5.41) is 2.45. The number of likely N-dealkylation sites (tertiary alicyclic amines) is 1. The van der Waals surface area contributed by atoms with E-state index in [1.807, 2.05) is 0 Å². The number of nitrogens with two attached hydrogens (primary N) is 1. The van der Waals surface area contributed by atoms with Gasteiger partial charge in [-0.05, 0) is 23.1 Å². The van der Waals surface area contributed by atoms with Gasteiger partial charge in [0.2, 0.25) is 17.7 Å². The molecule has 1 saturated heterocycles. The number of urea groups is 1. The van der Waals surface area contributed by atoms with Crippen LogP contribution >= 0.6 is 0 Å². The third-order valence-electron chi connectivity index (χ3n) is 7.20. The van der Waals surface area contributed by atoms with E-state index in [1.165, 1.54) is 25.2 Å². The maximum Gasteiger partial charge on any atom is 0.317 e. The van der Waals surface area contributed by atoms with Crippen LogP contribution in [0.2, 0.25) is 0 Å². The minimum Gasteiger partial charge on any atom is -0.368 e. The molecule has 2 aliphatic rings. The summed E-state index contributed by atoms with van der Waals surface area (Å²) < 4.78 is 41.8. The lowest BCUT2D eigenvalue weighted by atomic mass is 9.73. The van der Waals surface area contributed by atoms with E-state index in [0.717, 1.165) is 4.90 Å². The first-order valence-corrected chi connectivity index (χ1v) is 12.0. The van der Waals surface area contributed by atoms with Crippen molar-refractivity contribution in [2.75, 3.05) is 27.2 Å². The summed E-state index contributed by atoms with van der Waals surface area (Å²) >= 11 is 0. The zero-order valence-corrected chi connectivity index (χ0v) is 20.7. The molecule has 2 aromatic rings. The number of aromatic nitrogens is 1. The molecule has 3 atom stereocenters. The number of hydrogen-bond donors (Lipinski definition) is 2. The van der Waals surface area contributed by atoms with Crippen molar-refractivity contribution in [3.63, 3.8) is 0 Å². The molecule has 0 bridgehead atoms. The molecule has 0 spiro atoms. The Morgan fingerprint density at radius 3 is 2.35 bits per heavy atom. The summed E-state index contributed by atoms with van der Waals surface area (Å²) in [6.45, 7) is -0.833. The fourth-order valence-electron chi connectivity index (χ4n) is 5.31. The maximum absolute atomic E-state index is 15.0. The molecule has 2 fully saturated rings. The van der Waals surface area contributed by atoms with Crippen LogP contribution in [0.25, 0.3) is 0 Å². The second-order valence-corrected chi connectivity index (χ2v) is 9.97. The highest BCUT2D eigenvalue weighted by atomic mass is 19.3. The fraction of sp³-hybridized carbons (Fsp3) is 0.462. The second-order valence-electron chi connectivity index (χ2n) is 9.97. The first kappa shape index (κ1) is 26.4. The first-order chi connectivity index (χ1) is 17.4. The topological polar surface area (TPSA) is 109 Å². The number of nitrogens with one attached hydrogen (secondary N) is 1. The van der Waals surface area contributed by atoms with Gasteiger partial charge in [0, 0.05) is 39.6 Å². The number of amides is 4. The maximum atomic E-state index is 15.0. The van der Waals surface area contributed by atoms with E-state index in [2.05, 4.69) is 10.3 Å². The van der Waals surface area contributed by atoms with Crippen molar-refractivity contribution >= 4 is 17.8 Å². The highest BCUT2D eigenvalue weighted by Gasteiger charge is 2.58. The number of primary amides is 1. The molecule has 2 heterocycles. The van der Waals surface area contributed by atoms with Crippen LogP contribution in [0.5, 0.6) is 0 Å². The molecular weight excluding hydrogens is 487 g/mol. The third kappa shape index (κ3) is 5.12. The largest absolute Gasteiger partial charge is 0.368 e. The lowest BCUT2D eigenvalue weighted by Crippen LogP contribution is -2.61. The molecule has 1 aliphatic heterocycles. The summed E-state index contributed by atoms with van der Waals surface area (Å²) in [6.07, 6.45) is -0.917. The molecule has 4 amide bonds. The predicted octanol–water partition coefficient (Wildman–Crippen LogP) is 2.79. The number of pyridine rings is 1. The summed E-state index contributed by atoms with van der Waals surface area (Å²) in [7, 11) is 3.01. The average Bonchev–Trinajstić information content (AvgIpc) is 3.20. The molecule has 1 aromatic heterocycles. The van der Waals surface area contributed by atoms with E-state index in [-0.39, 0.29) is 31.7 Å². The number of carbonyl (C=O) groups is 3. The first-order valence-electron chi connectivity index (χ1n) is 12.0. The highest BCUT2D eigenvalue weighted by Crippen LogP contribution is 2.49. The van der Waals surface area contributed by atoms with E-state index < -0.39 is 47.9 Å². The molecule has 2 unspecified atom stereocenters. The number of alkyl halides is 3. The summed E-state index contributed by atoms with van der Waals surface area (Å²) in [5.41, 5.74) is 5.71. The minimum absolute atomic E-state index is 0.258. The standard InChI is InChI=1S/C26H30F3N5O3/c1-33(2)24(37)32-14-21(35)34-15-19(27)12-26(34,23(30)36)22(16-6-4-3-5-7-16)20-9-8-17(13-31-20)18-10-25(28,29)11-18/h3-9,13,18-19,22H,10-12,14-15H2,1-2H3,(H2,30,36)(H,32,37)/t19?,22-,26?/m1/s1. The van der Waals surface area contributed by atoms with Gasteiger partial charge in [0.15, 0.2) is 0 Å². The van der Waals surface area contributed by atoms with Crippen LogP contribution in [0, 0.1) is 0 Å². The Morgan fingerprint density at radius 1 is 1.14 bits per heavy atom. The van der Waals surface area contributed by atoms with Gasteiger partial charge in [0.25, 0.3) is 0 Å². The van der Waals surface area contributed by atoms with Crippen molar-refractivity contribution in [1.29, 1.82) is 0 Å². The third-order valence-corrected chi connectivity index (χ3v) is 7.20. The summed E-state index contributed by atoms with van der Waals surface area (Å²) in [6, 6.07) is 11.5. The van der Waals surface area contributed by atoms with Gasteiger partial charge in [0.05, 0.1) is 24.7 Å². The quantitative estimate of drug-likeness (QED) is 0.589. The summed E-state index contributed by atoms with van der Waals surface area (Å²) in [5.74, 6) is -5.51. The Hall–Kier alpha value is -3.63. The van der Waals surface area contributed by atoms with Gasteiger partial charge >= 0.3 is 6.03 Å². The Balaban J connectivity index is 1.74. The monoisotopic (exact) mass is 517 g/mol. The number of carbonyl (C=O) groups excluding carboxylic acids is 3. The zero-order valence-electron chi connectivity index (χ0n) is 20.7. The molecular formula is C26H30F3N5O3. The molecule has 1 aliphatic carbocycles. The van der Waals surface area contributed by atoms with Crippen LogP contribution in [0.15, 0.2) is 48.7 Å². The van der Waals surface area contributed by atoms with Crippen molar-refractivity contribution in [3.8, 4) is 0 Å². The van der Waals surface area contributed by atoms with Crippen molar-refractivity contribution in [2.24, 2.45) is 5.73 Å². The molecule has 1 aromatic carbocycles. The lowest BCUT2D eigenvalue weighted by Gasteiger charge is -2.42. The van der Waals surface area contributed by atoms with Gasteiger partial charge in [-0.3, -0.25) is 14.6 Å². The molecule has 1 saturated carbocycles. The number of rotatable bonds is 7. The fourth-order valence-corrected chi connectivity index (χ4v) is 5.31. The number of benzene rings is 1. The Bertz CT molecular complexity index is 1150. The van der Waals surface area contributed by atoms with E-state index in [1.54, 1.807) is 42.5 Å². The van der Waals surface area contributed by atoms with Crippen molar-refractivity contribution in [3.05, 3.63) is 65.5 Å². The van der Waals surface area contributed by atoms with Gasteiger partial charge in [-0.15, -0.1) is 0 Å². The predicted molar refractivity (Wildman–Crippen MR) is 130 cm³/mol. The summed E-state index contributed by atoms with van der Waals surface area (Å²) in [4.78, 5) is 45.3. The molecule has 198 valence electrons. The van der Waals surface area contributed by atoms with Gasteiger partial charge in [-0.1, -0.05) is 36.4 Å². The van der Waals surface area contributed by atoms with E-state index in [4.69, 9.17) is 5.73 Å².